The highest BCUT2D eigenvalue weighted by atomic mass is 79.9. The molecule has 6 heteroatoms. The van der Waals surface area contributed by atoms with Crippen molar-refractivity contribution in [1.29, 1.82) is 0 Å². The van der Waals surface area contributed by atoms with Crippen molar-refractivity contribution in [1.82, 2.24) is 15.5 Å². The molecule has 1 atom stereocenters. The minimum Gasteiger partial charge on any atom is -0.338 e. The smallest absolute Gasteiger partial charge is 0.240 e. The van der Waals surface area contributed by atoms with Gasteiger partial charge in [0.1, 0.15) is 0 Å². The first-order valence-electron chi connectivity index (χ1n) is 5.50. The molecule has 0 bridgehead atoms. The molecule has 0 saturated heterocycles. The quantitative estimate of drug-likeness (QED) is 0.918. The van der Waals surface area contributed by atoms with Crippen molar-refractivity contribution in [2.24, 2.45) is 0 Å². The summed E-state index contributed by atoms with van der Waals surface area (Å²) in [5.41, 5.74) is 0. The molecular formula is C11H14BrN3OS. The topological polar surface area (TPSA) is 51.0 Å². The van der Waals surface area contributed by atoms with Crippen LogP contribution in [0.5, 0.6) is 0 Å². The lowest BCUT2D eigenvalue weighted by molar-refractivity contribution is 0.358. The van der Waals surface area contributed by atoms with Gasteiger partial charge in [0.2, 0.25) is 11.7 Å². The molecule has 4 nitrogen and oxygen atoms in total. The maximum absolute atomic E-state index is 5.19. The van der Waals surface area contributed by atoms with Crippen molar-refractivity contribution in [3.8, 4) is 10.7 Å². The summed E-state index contributed by atoms with van der Waals surface area (Å²) in [6.07, 6.45) is 1.08. The van der Waals surface area contributed by atoms with Gasteiger partial charge in [-0.3, -0.25) is 0 Å². The molecule has 0 radical (unpaired) electrons. The van der Waals surface area contributed by atoms with Crippen molar-refractivity contribution in [3.05, 3.63) is 21.8 Å². The predicted octanol–water partition coefficient (Wildman–Crippen LogP) is 3.45. The zero-order chi connectivity index (χ0) is 12.3. The Hall–Kier alpha value is -0.720. The molecule has 2 rings (SSSR count). The second-order valence-corrected chi connectivity index (χ2v) is 6.27. The summed E-state index contributed by atoms with van der Waals surface area (Å²) in [5, 5.41) is 7.28. The van der Waals surface area contributed by atoms with Crippen LogP contribution in [-0.4, -0.2) is 16.2 Å². The number of thiophene rings is 1. The van der Waals surface area contributed by atoms with E-state index in [4.69, 9.17) is 4.52 Å². The van der Waals surface area contributed by atoms with Crippen LogP contribution in [0.3, 0.4) is 0 Å². The molecule has 2 aromatic rings. The van der Waals surface area contributed by atoms with E-state index in [1.54, 1.807) is 11.3 Å². The highest BCUT2D eigenvalue weighted by Gasteiger charge is 2.10. The first-order chi connectivity index (χ1) is 8.19. The number of rotatable bonds is 5. The second-order valence-electron chi connectivity index (χ2n) is 3.81. The third-order valence-corrected chi connectivity index (χ3v) is 4.10. The average molecular weight is 316 g/mol. The van der Waals surface area contributed by atoms with Gasteiger partial charge in [-0.1, -0.05) is 12.1 Å². The lowest BCUT2D eigenvalue weighted by atomic mass is 10.3. The summed E-state index contributed by atoms with van der Waals surface area (Å²) in [4.78, 5) is 5.36. The molecule has 17 heavy (non-hydrogen) atoms. The molecule has 2 heterocycles. The van der Waals surface area contributed by atoms with E-state index in [0.717, 1.165) is 15.1 Å². The number of hydrogen-bond donors (Lipinski definition) is 1. The maximum atomic E-state index is 5.19. The van der Waals surface area contributed by atoms with Crippen LogP contribution >= 0.6 is 27.3 Å². The number of nitrogens with one attached hydrogen (secondary N) is 1. The van der Waals surface area contributed by atoms with Crippen molar-refractivity contribution in [2.75, 3.05) is 0 Å². The fraction of sp³-hybridized carbons (Fsp3) is 0.455. The van der Waals surface area contributed by atoms with Crippen molar-refractivity contribution < 1.29 is 4.52 Å². The average Bonchev–Trinajstić information content (AvgIpc) is 2.94. The molecule has 0 aromatic carbocycles. The summed E-state index contributed by atoms with van der Waals surface area (Å²) in [6, 6.07) is 4.42. The standard InChI is InChI=1S/C11H14BrN3OS/c1-3-7(2)13-6-10-14-11(15-16-10)8-4-5-9(12)17-8/h4-5,7,13H,3,6H2,1-2H3. The highest BCUT2D eigenvalue weighted by Crippen LogP contribution is 2.29. The van der Waals surface area contributed by atoms with Crippen LogP contribution < -0.4 is 5.32 Å². The summed E-state index contributed by atoms with van der Waals surface area (Å²) in [5.74, 6) is 1.28. The van der Waals surface area contributed by atoms with E-state index in [9.17, 15) is 0 Å². The Labute approximate surface area is 113 Å². The molecule has 1 N–H and O–H groups in total. The zero-order valence-corrected chi connectivity index (χ0v) is 12.1. The van der Waals surface area contributed by atoms with Crippen molar-refractivity contribution in [3.63, 3.8) is 0 Å². The molecule has 92 valence electrons. The first-order valence-corrected chi connectivity index (χ1v) is 7.11. The molecule has 2 aromatic heterocycles. The monoisotopic (exact) mass is 315 g/mol. The summed E-state index contributed by atoms with van der Waals surface area (Å²) >= 11 is 5.01. The number of aromatic nitrogens is 2. The molecule has 0 fully saturated rings. The Morgan fingerprint density at radius 1 is 1.53 bits per heavy atom. The van der Waals surface area contributed by atoms with Crippen molar-refractivity contribution >= 4 is 27.3 Å². The third kappa shape index (κ3) is 3.37. The Morgan fingerprint density at radius 3 is 3.00 bits per heavy atom. The van der Waals surface area contributed by atoms with E-state index < -0.39 is 0 Å². The van der Waals surface area contributed by atoms with E-state index >= 15 is 0 Å². The van der Waals surface area contributed by atoms with Gasteiger partial charge in [-0.05, 0) is 41.4 Å². The minimum absolute atomic E-state index is 0.459. The van der Waals surface area contributed by atoms with Gasteiger partial charge in [-0.15, -0.1) is 11.3 Å². The predicted molar refractivity (Wildman–Crippen MR) is 71.9 cm³/mol. The van der Waals surface area contributed by atoms with Gasteiger partial charge in [-0.2, -0.15) is 4.98 Å². The summed E-state index contributed by atoms with van der Waals surface area (Å²) in [6.45, 7) is 4.89. The lowest BCUT2D eigenvalue weighted by Gasteiger charge is -2.07. The number of hydrogen-bond acceptors (Lipinski definition) is 5. The van der Waals surface area contributed by atoms with Crippen LogP contribution in [0.1, 0.15) is 26.2 Å². The van der Waals surface area contributed by atoms with E-state index in [0.29, 0.717) is 24.3 Å². The molecule has 0 amide bonds. The fourth-order valence-electron chi connectivity index (χ4n) is 1.27. The Morgan fingerprint density at radius 2 is 2.35 bits per heavy atom. The molecular weight excluding hydrogens is 302 g/mol. The van der Waals surface area contributed by atoms with Gasteiger partial charge < -0.3 is 9.84 Å². The molecule has 0 aliphatic rings. The maximum Gasteiger partial charge on any atom is 0.240 e. The minimum atomic E-state index is 0.459. The van der Waals surface area contributed by atoms with Crippen LogP contribution in [-0.2, 0) is 6.54 Å². The van der Waals surface area contributed by atoms with Crippen molar-refractivity contribution in [2.45, 2.75) is 32.9 Å². The SMILES string of the molecule is CCC(C)NCc1nc(-c2ccc(Br)s2)no1. The first kappa shape index (κ1) is 12.7. The Bertz CT molecular complexity index is 483. The zero-order valence-electron chi connectivity index (χ0n) is 9.74. The second kappa shape index (κ2) is 5.75. The van der Waals surface area contributed by atoms with Gasteiger partial charge in [0.25, 0.3) is 0 Å². The normalized spacial score (nSPS) is 12.9. The molecule has 0 spiro atoms. The van der Waals surface area contributed by atoms with E-state index in [2.05, 4.69) is 45.2 Å². The van der Waals surface area contributed by atoms with Crippen LogP contribution in [0.2, 0.25) is 0 Å². The van der Waals surface area contributed by atoms with Gasteiger partial charge in [-0.25, -0.2) is 0 Å². The fourth-order valence-corrected chi connectivity index (χ4v) is 2.58. The largest absolute Gasteiger partial charge is 0.338 e. The lowest BCUT2D eigenvalue weighted by Crippen LogP contribution is -2.24. The van der Waals surface area contributed by atoms with Crippen LogP contribution in [0.25, 0.3) is 10.7 Å². The highest BCUT2D eigenvalue weighted by molar-refractivity contribution is 9.11. The molecule has 0 aliphatic carbocycles. The molecule has 1 unspecified atom stereocenters. The Kier molecular flexibility index (Phi) is 4.31. The molecule has 0 aliphatic heterocycles. The summed E-state index contributed by atoms with van der Waals surface area (Å²) < 4.78 is 6.26. The van der Waals surface area contributed by atoms with E-state index in [1.165, 1.54) is 0 Å². The number of nitrogens with zero attached hydrogens (tertiary/aromatic N) is 2. The van der Waals surface area contributed by atoms with E-state index in [-0.39, 0.29) is 0 Å². The van der Waals surface area contributed by atoms with Gasteiger partial charge in [0.05, 0.1) is 15.2 Å². The molecule has 0 saturated carbocycles. The Balaban J connectivity index is 2.01. The van der Waals surface area contributed by atoms with Crippen LogP contribution in [0, 0.1) is 0 Å². The van der Waals surface area contributed by atoms with Gasteiger partial charge in [0.15, 0.2) is 0 Å². The van der Waals surface area contributed by atoms with E-state index in [1.807, 2.05) is 12.1 Å². The third-order valence-electron chi connectivity index (χ3n) is 2.48. The van der Waals surface area contributed by atoms with Crippen LogP contribution in [0.4, 0.5) is 0 Å². The van der Waals surface area contributed by atoms with Crippen LogP contribution in [0.15, 0.2) is 20.4 Å². The summed E-state index contributed by atoms with van der Waals surface area (Å²) in [7, 11) is 0. The number of halogens is 1. The van der Waals surface area contributed by atoms with Gasteiger partial charge in [0, 0.05) is 6.04 Å². The van der Waals surface area contributed by atoms with Gasteiger partial charge >= 0.3 is 0 Å².